The third-order valence-electron chi connectivity index (χ3n) is 3.49. The highest BCUT2D eigenvalue weighted by molar-refractivity contribution is 5.78. The fraction of sp³-hybridized carbons (Fsp3) is 0.250. The summed E-state index contributed by atoms with van der Waals surface area (Å²) < 4.78 is 1.74. The summed E-state index contributed by atoms with van der Waals surface area (Å²) in [6.45, 7) is 2.04. The number of rotatable bonds is 3. The van der Waals surface area contributed by atoms with Crippen LogP contribution in [0.5, 0.6) is 0 Å². The van der Waals surface area contributed by atoms with Crippen LogP contribution in [0.1, 0.15) is 29.8 Å². The van der Waals surface area contributed by atoms with Crippen molar-refractivity contribution in [2.45, 2.75) is 19.4 Å². The molecule has 1 unspecified atom stereocenters. The molecular formula is C16H17N3O. The summed E-state index contributed by atoms with van der Waals surface area (Å²) in [6.07, 6.45) is 3.72. The van der Waals surface area contributed by atoms with Crippen LogP contribution in [0.25, 0.3) is 10.9 Å². The molecule has 3 rings (SSSR count). The Balaban J connectivity index is 2.05. The predicted octanol–water partition coefficient (Wildman–Crippen LogP) is 2.61. The summed E-state index contributed by atoms with van der Waals surface area (Å²) >= 11 is 0. The number of para-hydroxylation sites is 1. The van der Waals surface area contributed by atoms with Gasteiger partial charge in [-0.3, -0.25) is 9.67 Å². The third kappa shape index (κ3) is 2.18. The zero-order valence-corrected chi connectivity index (χ0v) is 11.6. The number of aryl methyl sites for hydroxylation is 2. The molecule has 4 heteroatoms. The molecule has 102 valence electrons. The molecule has 2 aromatic heterocycles. The highest BCUT2D eigenvalue weighted by Gasteiger charge is 2.17. The lowest BCUT2D eigenvalue weighted by Gasteiger charge is -2.11. The Morgan fingerprint density at radius 2 is 2.10 bits per heavy atom. The number of hydrogen-bond donors (Lipinski definition) is 1. The van der Waals surface area contributed by atoms with E-state index in [0.29, 0.717) is 0 Å². The quantitative estimate of drug-likeness (QED) is 0.793. The minimum Gasteiger partial charge on any atom is -0.383 e. The Morgan fingerprint density at radius 3 is 2.90 bits per heavy atom. The van der Waals surface area contributed by atoms with Crippen molar-refractivity contribution in [1.29, 1.82) is 0 Å². The van der Waals surface area contributed by atoms with Gasteiger partial charge in [0.25, 0.3) is 0 Å². The van der Waals surface area contributed by atoms with Crippen molar-refractivity contribution < 1.29 is 5.11 Å². The normalized spacial score (nSPS) is 12.8. The van der Waals surface area contributed by atoms with Gasteiger partial charge in [-0.1, -0.05) is 25.1 Å². The molecule has 0 aliphatic carbocycles. The van der Waals surface area contributed by atoms with E-state index in [0.717, 1.165) is 34.1 Å². The molecule has 20 heavy (non-hydrogen) atoms. The summed E-state index contributed by atoms with van der Waals surface area (Å²) in [5.41, 5.74) is 3.51. The fourth-order valence-corrected chi connectivity index (χ4v) is 2.47. The summed E-state index contributed by atoms with van der Waals surface area (Å²) in [7, 11) is 1.87. The van der Waals surface area contributed by atoms with Crippen LogP contribution in [-0.4, -0.2) is 19.9 Å². The van der Waals surface area contributed by atoms with Gasteiger partial charge in [0.1, 0.15) is 6.10 Å². The zero-order chi connectivity index (χ0) is 14.1. The summed E-state index contributed by atoms with van der Waals surface area (Å²) in [5.74, 6) is 0. The maximum Gasteiger partial charge on any atom is 0.109 e. The Morgan fingerprint density at radius 1 is 1.30 bits per heavy atom. The van der Waals surface area contributed by atoms with Crippen molar-refractivity contribution in [3.8, 4) is 0 Å². The van der Waals surface area contributed by atoms with E-state index in [2.05, 4.69) is 10.1 Å². The molecule has 0 amide bonds. The lowest BCUT2D eigenvalue weighted by molar-refractivity contribution is 0.219. The van der Waals surface area contributed by atoms with Crippen molar-refractivity contribution in [3.05, 3.63) is 59.5 Å². The molecule has 0 aliphatic rings. The molecule has 3 aromatic rings. The molecule has 1 aromatic carbocycles. The van der Waals surface area contributed by atoms with E-state index in [1.54, 1.807) is 10.9 Å². The van der Waals surface area contributed by atoms with E-state index in [1.807, 2.05) is 50.5 Å². The van der Waals surface area contributed by atoms with Gasteiger partial charge < -0.3 is 5.11 Å². The maximum absolute atomic E-state index is 10.6. The topological polar surface area (TPSA) is 50.9 Å². The molecule has 0 saturated heterocycles. The molecule has 0 saturated carbocycles. The van der Waals surface area contributed by atoms with Crippen LogP contribution < -0.4 is 0 Å². The van der Waals surface area contributed by atoms with E-state index < -0.39 is 6.10 Å². The summed E-state index contributed by atoms with van der Waals surface area (Å²) in [6, 6.07) is 9.89. The molecule has 0 bridgehead atoms. The second kappa shape index (κ2) is 5.06. The van der Waals surface area contributed by atoms with Gasteiger partial charge in [-0.05, 0) is 18.6 Å². The first-order valence-corrected chi connectivity index (χ1v) is 6.74. The largest absolute Gasteiger partial charge is 0.383 e. The number of aromatic nitrogens is 3. The standard InChI is InChI=1S/C16H17N3O/c1-3-14-13(10-19(2)18-14)16(20)12-8-11-6-4-5-7-15(11)17-9-12/h4-10,16,20H,3H2,1-2H3. The number of hydrogen-bond acceptors (Lipinski definition) is 3. The zero-order valence-electron chi connectivity index (χ0n) is 11.6. The number of pyridine rings is 1. The van der Waals surface area contributed by atoms with Gasteiger partial charge in [0, 0.05) is 36.0 Å². The molecule has 0 fully saturated rings. The van der Waals surface area contributed by atoms with E-state index in [-0.39, 0.29) is 0 Å². The highest BCUT2D eigenvalue weighted by atomic mass is 16.3. The Labute approximate surface area is 117 Å². The smallest absolute Gasteiger partial charge is 0.109 e. The van der Waals surface area contributed by atoms with Crippen LogP contribution in [0, 0.1) is 0 Å². The van der Waals surface area contributed by atoms with Crippen LogP contribution in [0.15, 0.2) is 42.7 Å². The van der Waals surface area contributed by atoms with E-state index in [4.69, 9.17) is 0 Å². The fourth-order valence-electron chi connectivity index (χ4n) is 2.47. The van der Waals surface area contributed by atoms with Crippen molar-refractivity contribution >= 4 is 10.9 Å². The summed E-state index contributed by atoms with van der Waals surface area (Å²) in [5, 5.41) is 16.0. The second-order valence-electron chi connectivity index (χ2n) is 4.92. The summed E-state index contributed by atoms with van der Waals surface area (Å²) in [4.78, 5) is 4.40. The van der Waals surface area contributed by atoms with Crippen molar-refractivity contribution in [2.75, 3.05) is 0 Å². The molecular weight excluding hydrogens is 250 g/mol. The molecule has 4 nitrogen and oxygen atoms in total. The van der Waals surface area contributed by atoms with Crippen LogP contribution in [0.4, 0.5) is 0 Å². The van der Waals surface area contributed by atoms with E-state index in [1.165, 1.54) is 0 Å². The Kier molecular flexibility index (Phi) is 3.24. The van der Waals surface area contributed by atoms with Gasteiger partial charge in [0.2, 0.25) is 0 Å². The first kappa shape index (κ1) is 12.8. The van der Waals surface area contributed by atoms with E-state index in [9.17, 15) is 5.11 Å². The third-order valence-corrected chi connectivity index (χ3v) is 3.49. The second-order valence-corrected chi connectivity index (χ2v) is 4.92. The number of aliphatic hydroxyl groups excluding tert-OH is 1. The van der Waals surface area contributed by atoms with Crippen LogP contribution in [0.3, 0.4) is 0 Å². The lowest BCUT2D eigenvalue weighted by Crippen LogP contribution is -2.02. The monoisotopic (exact) mass is 267 g/mol. The molecule has 0 radical (unpaired) electrons. The number of benzene rings is 1. The highest BCUT2D eigenvalue weighted by Crippen LogP contribution is 2.26. The SMILES string of the molecule is CCc1nn(C)cc1C(O)c1cnc2ccccc2c1. The van der Waals surface area contributed by atoms with Gasteiger partial charge >= 0.3 is 0 Å². The first-order chi connectivity index (χ1) is 9.69. The minimum atomic E-state index is -0.684. The van der Waals surface area contributed by atoms with Crippen LogP contribution in [0.2, 0.25) is 0 Å². The van der Waals surface area contributed by atoms with Crippen molar-refractivity contribution in [2.24, 2.45) is 7.05 Å². The van der Waals surface area contributed by atoms with Crippen LogP contribution in [-0.2, 0) is 13.5 Å². The van der Waals surface area contributed by atoms with Gasteiger partial charge in [-0.2, -0.15) is 5.10 Å². The van der Waals surface area contributed by atoms with Gasteiger partial charge in [-0.15, -0.1) is 0 Å². The molecule has 2 heterocycles. The average Bonchev–Trinajstić information content (AvgIpc) is 2.87. The Hall–Kier alpha value is -2.20. The predicted molar refractivity (Wildman–Crippen MR) is 78.4 cm³/mol. The van der Waals surface area contributed by atoms with Crippen molar-refractivity contribution in [1.82, 2.24) is 14.8 Å². The first-order valence-electron chi connectivity index (χ1n) is 6.74. The van der Waals surface area contributed by atoms with Crippen molar-refractivity contribution in [3.63, 3.8) is 0 Å². The number of nitrogens with zero attached hydrogens (tertiary/aromatic N) is 3. The average molecular weight is 267 g/mol. The molecule has 1 N–H and O–H groups in total. The lowest BCUT2D eigenvalue weighted by atomic mass is 10.0. The number of fused-ring (bicyclic) bond motifs is 1. The number of aliphatic hydroxyl groups is 1. The van der Waals surface area contributed by atoms with Crippen LogP contribution >= 0.6 is 0 Å². The molecule has 0 aliphatic heterocycles. The Bertz CT molecular complexity index is 748. The van der Waals surface area contributed by atoms with Gasteiger partial charge in [0.15, 0.2) is 0 Å². The van der Waals surface area contributed by atoms with E-state index >= 15 is 0 Å². The maximum atomic E-state index is 10.6. The molecule has 1 atom stereocenters. The van der Waals surface area contributed by atoms with Gasteiger partial charge in [-0.25, -0.2) is 0 Å². The molecule has 0 spiro atoms. The van der Waals surface area contributed by atoms with Gasteiger partial charge in [0.05, 0.1) is 11.2 Å². The minimum absolute atomic E-state index is 0.684.